The average Bonchev–Trinajstić information content (AvgIpc) is 2.44. The number of aryl methyl sites for hydroxylation is 1. The van der Waals surface area contributed by atoms with E-state index in [-0.39, 0.29) is 5.91 Å². The molecule has 1 aliphatic rings. The molecule has 1 atom stereocenters. The Morgan fingerprint density at radius 1 is 1.32 bits per heavy atom. The minimum Gasteiger partial charge on any atom is -0.493 e. The van der Waals surface area contributed by atoms with E-state index in [0.717, 1.165) is 18.4 Å². The summed E-state index contributed by atoms with van der Waals surface area (Å²) in [5, 5.41) is 9.08. The lowest BCUT2D eigenvalue weighted by Gasteiger charge is -2.38. The van der Waals surface area contributed by atoms with Gasteiger partial charge in [0.1, 0.15) is 6.04 Å². The van der Waals surface area contributed by atoms with Crippen LogP contribution in [0.1, 0.15) is 35.7 Å². The maximum atomic E-state index is 12.5. The van der Waals surface area contributed by atoms with E-state index in [2.05, 4.69) is 0 Å². The minimum atomic E-state index is -0.964. The maximum absolute atomic E-state index is 12.5. The van der Waals surface area contributed by atoms with E-state index < -0.39 is 12.0 Å². The lowest BCUT2D eigenvalue weighted by atomic mass is 9.99. The first-order valence-corrected chi connectivity index (χ1v) is 7.32. The number of carboxylic acids is 1. The van der Waals surface area contributed by atoms with Gasteiger partial charge in [-0.2, -0.15) is 0 Å². The first-order chi connectivity index (χ1) is 10.5. The highest BCUT2D eigenvalue weighted by Gasteiger charge is 2.38. The number of carboxylic acid groups (broad SMARTS) is 1. The van der Waals surface area contributed by atoms with Crippen LogP contribution in [0.5, 0.6) is 11.5 Å². The van der Waals surface area contributed by atoms with Crippen molar-refractivity contribution in [3.63, 3.8) is 0 Å². The third-order valence-corrected chi connectivity index (χ3v) is 3.89. The number of rotatable bonds is 6. The zero-order valence-electron chi connectivity index (χ0n) is 13.1. The van der Waals surface area contributed by atoms with Crippen molar-refractivity contribution in [2.24, 2.45) is 0 Å². The summed E-state index contributed by atoms with van der Waals surface area (Å²) in [5.41, 5.74) is 1.33. The van der Waals surface area contributed by atoms with Gasteiger partial charge in [-0.25, -0.2) is 4.79 Å². The fourth-order valence-electron chi connectivity index (χ4n) is 2.67. The molecule has 6 heteroatoms. The Morgan fingerprint density at radius 3 is 2.50 bits per heavy atom. The normalized spacial score (nSPS) is 16.9. The van der Waals surface area contributed by atoms with Crippen LogP contribution in [0, 0.1) is 0 Å². The SMILES string of the molecule is CCCc1cc(C(=O)N2CC[C@@H]2C(=O)O)cc(OC)c1OC. The number of hydrogen-bond acceptors (Lipinski definition) is 4. The predicted molar refractivity (Wildman–Crippen MR) is 80.6 cm³/mol. The predicted octanol–water partition coefficient (Wildman–Crippen LogP) is 1.96. The molecule has 0 radical (unpaired) electrons. The van der Waals surface area contributed by atoms with E-state index >= 15 is 0 Å². The Morgan fingerprint density at radius 2 is 2.05 bits per heavy atom. The number of carbonyl (C=O) groups is 2. The van der Waals surface area contributed by atoms with Gasteiger partial charge in [-0.1, -0.05) is 13.3 Å². The van der Waals surface area contributed by atoms with Crippen LogP contribution in [0.4, 0.5) is 0 Å². The van der Waals surface area contributed by atoms with Crippen LogP contribution in [0.2, 0.25) is 0 Å². The molecule has 2 rings (SSSR count). The molecular weight excluding hydrogens is 286 g/mol. The molecule has 0 aromatic heterocycles. The summed E-state index contributed by atoms with van der Waals surface area (Å²) < 4.78 is 10.7. The largest absolute Gasteiger partial charge is 0.493 e. The molecule has 120 valence electrons. The molecule has 1 fully saturated rings. The van der Waals surface area contributed by atoms with Gasteiger partial charge < -0.3 is 19.5 Å². The van der Waals surface area contributed by atoms with Crippen LogP contribution in [0.25, 0.3) is 0 Å². The minimum absolute atomic E-state index is 0.281. The summed E-state index contributed by atoms with van der Waals surface area (Å²) in [6.45, 7) is 2.50. The number of hydrogen-bond donors (Lipinski definition) is 1. The van der Waals surface area contributed by atoms with Crippen molar-refractivity contribution in [1.82, 2.24) is 4.90 Å². The fraction of sp³-hybridized carbons (Fsp3) is 0.500. The third kappa shape index (κ3) is 2.86. The summed E-state index contributed by atoms with van der Waals surface area (Å²) >= 11 is 0. The summed E-state index contributed by atoms with van der Waals surface area (Å²) in [4.78, 5) is 25.0. The lowest BCUT2D eigenvalue weighted by Crippen LogP contribution is -2.55. The molecule has 1 aliphatic heterocycles. The molecule has 1 amide bonds. The number of methoxy groups -OCH3 is 2. The molecule has 0 bridgehead atoms. The van der Waals surface area contributed by atoms with E-state index in [0.29, 0.717) is 30.0 Å². The molecule has 6 nitrogen and oxygen atoms in total. The Labute approximate surface area is 129 Å². The number of benzene rings is 1. The van der Waals surface area contributed by atoms with Crippen LogP contribution in [0.3, 0.4) is 0 Å². The van der Waals surface area contributed by atoms with Crippen molar-refractivity contribution in [3.8, 4) is 11.5 Å². The fourth-order valence-corrected chi connectivity index (χ4v) is 2.67. The van der Waals surface area contributed by atoms with Gasteiger partial charge in [0, 0.05) is 12.1 Å². The second-order valence-electron chi connectivity index (χ2n) is 5.26. The van der Waals surface area contributed by atoms with Crippen molar-refractivity contribution in [2.45, 2.75) is 32.2 Å². The highest BCUT2D eigenvalue weighted by molar-refractivity contribution is 5.98. The Kier molecular flexibility index (Phi) is 4.90. The molecule has 0 spiro atoms. The number of ether oxygens (including phenoxy) is 2. The van der Waals surface area contributed by atoms with Crippen LogP contribution in [-0.2, 0) is 11.2 Å². The van der Waals surface area contributed by atoms with Crippen LogP contribution in [0.15, 0.2) is 12.1 Å². The topological polar surface area (TPSA) is 76.1 Å². The zero-order chi connectivity index (χ0) is 16.3. The van der Waals surface area contributed by atoms with Crippen LogP contribution >= 0.6 is 0 Å². The first kappa shape index (κ1) is 16.1. The number of aliphatic carboxylic acids is 1. The van der Waals surface area contributed by atoms with Crippen molar-refractivity contribution < 1.29 is 24.2 Å². The standard InChI is InChI=1S/C16H21NO5/c1-4-5-10-8-11(9-13(21-2)14(10)22-3)15(18)17-7-6-12(17)16(19)20/h8-9,12H,4-7H2,1-3H3,(H,19,20)/t12-/m1/s1. The summed E-state index contributed by atoms with van der Waals surface area (Å²) in [5.74, 6) is -0.130. The molecule has 1 heterocycles. The van der Waals surface area contributed by atoms with Crippen LogP contribution in [-0.4, -0.2) is 48.7 Å². The number of nitrogens with zero attached hydrogens (tertiary/aromatic N) is 1. The van der Waals surface area contributed by atoms with Crippen molar-refractivity contribution in [3.05, 3.63) is 23.3 Å². The maximum Gasteiger partial charge on any atom is 0.326 e. The molecule has 1 saturated heterocycles. The summed E-state index contributed by atoms with van der Waals surface area (Å²) in [6, 6.07) is 2.65. The number of carbonyl (C=O) groups excluding carboxylic acids is 1. The van der Waals surface area contributed by atoms with Gasteiger partial charge in [0.25, 0.3) is 5.91 Å². The lowest BCUT2D eigenvalue weighted by molar-refractivity contribution is -0.146. The smallest absolute Gasteiger partial charge is 0.326 e. The van der Waals surface area contributed by atoms with Crippen molar-refractivity contribution >= 4 is 11.9 Å². The van der Waals surface area contributed by atoms with Gasteiger partial charge in [-0.15, -0.1) is 0 Å². The van der Waals surface area contributed by atoms with Crippen molar-refractivity contribution in [1.29, 1.82) is 0 Å². The molecule has 0 aliphatic carbocycles. The van der Waals surface area contributed by atoms with E-state index in [9.17, 15) is 9.59 Å². The Hall–Kier alpha value is -2.24. The number of likely N-dealkylation sites (tertiary alicyclic amines) is 1. The van der Waals surface area contributed by atoms with Crippen LogP contribution < -0.4 is 9.47 Å². The van der Waals surface area contributed by atoms with Gasteiger partial charge >= 0.3 is 5.97 Å². The molecule has 0 unspecified atom stereocenters. The molecule has 1 N–H and O–H groups in total. The molecule has 22 heavy (non-hydrogen) atoms. The van der Waals surface area contributed by atoms with Gasteiger partial charge in [-0.3, -0.25) is 4.79 Å². The molecule has 0 saturated carbocycles. The molecular formula is C16H21NO5. The van der Waals surface area contributed by atoms with E-state index in [1.54, 1.807) is 19.2 Å². The number of amides is 1. The quantitative estimate of drug-likeness (QED) is 0.869. The summed E-state index contributed by atoms with van der Waals surface area (Å²) in [6.07, 6.45) is 2.15. The van der Waals surface area contributed by atoms with E-state index in [1.807, 2.05) is 6.92 Å². The van der Waals surface area contributed by atoms with E-state index in [1.165, 1.54) is 12.0 Å². The Bertz CT molecular complexity index is 584. The van der Waals surface area contributed by atoms with Crippen molar-refractivity contribution in [2.75, 3.05) is 20.8 Å². The second-order valence-corrected chi connectivity index (χ2v) is 5.26. The zero-order valence-corrected chi connectivity index (χ0v) is 13.1. The third-order valence-electron chi connectivity index (χ3n) is 3.89. The second kappa shape index (κ2) is 6.68. The van der Waals surface area contributed by atoms with Gasteiger partial charge in [0.2, 0.25) is 0 Å². The molecule has 1 aromatic carbocycles. The summed E-state index contributed by atoms with van der Waals surface area (Å²) in [7, 11) is 3.08. The van der Waals surface area contributed by atoms with Gasteiger partial charge in [0.05, 0.1) is 14.2 Å². The van der Waals surface area contributed by atoms with Gasteiger partial charge in [0.15, 0.2) is 11.5 Å². The van der Waals surface area contributed by atoms with E-state index in [4.69, 9.17) is 14.6 Å². The molecule has 1 aromatic rings. The average molecular weight is 307 g/mol. The Balaban J connectivity index is 2.36. The monoisotopic (exact) mass is 307 g/mol. The highest BCUT2D eigenvalue weighted by atomic mass is 16.5. The van der Waals surface area contributed by atoms with Gasteiger partial charge in [-0.05, 0) is 30.5 Å². The highest BCUT2D eigenvalue weighted by Crippen LogP contribution is 2.34. The first-order valence-electron chi connectivity index (χ1n) is 7.32.